The first-order valence-corrected chi connectivity index (χ1v) is 7.80. The summed E-state index contributed by atoms with van der Waals surface area (Å²) < 4.78 is 12.6. The van der Waals surface area contributed by atoms with E-state index in [1.807, 2.05) is 56.5 Å². The lowest BCUT2D eigenvalue weighted by Crippen LogP contribution is -2.26. The van der Waals surface area contributed by atoms with Gasteiger partial charge in [-0.1, -0.05) is 5.16 Å². The minimum Gasteiger partial charge on any atom is -0.464 e. The van der Waals surface area contributed by atoms with Crippen LogP contribution in [0.4, 0.5) is 0 Å². The second kappa shape index (κ2) is 6.03. The fourth-order valence-electron chi connectivity index (χ4n) is 2.87. The van der Waals surface area contributed by atoms with Crippen LogP contribution in [0.1, 0.15) is 39.0 Å². The average molecular weight is 327 g/mol. The molecule has 6 nitrogen and oxygen atoms in total. The Morgan fingerprint density at radius 3 is 2.50 bits per heavy atom. The zero-order chi connectivity index (χ0) is 17.4. The molecule has 0 aliphatic heterocycles. The summed E-state index contributed by atoms with van der Waals surface area (Å²) in [5.74, 6) is 2.97. The van der Waals surface area contributed by atoms with Crippen molar-refractivity contribution >= 4 is 5.91 Å². The standard InChI is InChI=1S/C18H21N3O3/c1-11-8-16(14(4)21(11)17-9-13(3)24-19-17)18(22)20(5)10-15-7-6-12(2)23-15/h6-9H,10H2,1-5H3. The number of aryl methyl sites for hydroxylation is 3. The number of carbonyl (C=O) groups excluding carboxylic acids is 1. The second-order valence-corrected chi connectivity index (χ2v) is 6.09. The van der Waals surface area contributed by atoms with Crippen molar-refractivity contribution in [3.8, 4) is 5.82 Å². The predicted molar refractivity (Wildman–Crippen MR) is 89.3 cm³/mol. The topological polar surface area (TPSA) is 64.4 Å². The highest BCUT2D eigenvalue weighted by atomic mass is 16.5. The molecule has 0 unspecified atom stereocenters. The number of hydrogen-bond donors (Lipinski definition) is 0. The van der Waals surface area contributed by atoms with Gasteiger partial charge >= 0.3 is 0 Å². The van der Waals surface area contributed by atoms with Crippen LogP contribution in [-0.4, -0.2) is 27.6 Å². The number of furan rings is 1. The lowest BCUT2D eigenvalue weighted by molar-refractivity contribution is 0.0774. The van der Waals surface area contributed by atoms with Crippen LogP contribution in [0.5, 0.6) is 0 Å². The Hall–Kier alpha value is -2.76. The van der Waals surface area contributed by atoms with Crippen LogP contribution in [0.3, 0.4) is 0 Å². The van der Waals surface area contributed by atoms with Gasteiger partial charge < -0.3 is 13.8 Å². The largest absolute Gasteiger partial charge is 0.464 e. The Balaban J connectivity index is 1.87. The molecule has 24 heavy (non-hydrogen) atoms. The first-order valence-electron chi connectivity index (χ1n) is 7.80. The van der Waals surface area contributed by atoms with Gasteiger partial charge in [0.2, 0.25) is 0 Å². The molecule has 1 amide bonds. The maximum absolute atomic E-state index is 12.8. The molecular weight excluding hydrogens is 306 g/mol. The van der Waals surface area contributed by atoms with Crippen molar-refractivity contribution in [1.29, 1.82) is 0 Å². The van der Waals surface area contributed by atoms with Gasteiger partial charge in [-0.2, -0.15) is 0 Å². The number of hydrogen-bond acceptors (Lipinski definition) is 4. The number of aromatic nitrogens is 2. The summed E-state index contributed by atoms with van der Waals surface area (Å²) >= 11 is 0. The predicted octanol–water partition coefficient (Wildman–Crippen LogP) is 3.56. The fourth-order valence-corrected chi connectivity index (χ4v) is 2.87. The first kappa shape index (κ1) is 16.1. The Labute approximate surface area is 140 Å². The molecule has 0 aromatic carbocycles. The molecule has 0 aliphatic rings. The third-order valence-corrected chi connectivity index (χ3v) is 4.04. The Kier molecular flexibility index (Phi) is 4.05. The molecule has 0 saturated heterocycles. The van der Waals surface area contributed by atoms with E-state index in [9.17, 15) is 4.79 Å². The van der Waals surface area contributed by atoms with Crippen molar-refractivity contribution in [2.24, 2.45) is 0 Å². The van der Waals surface area contributed by atoms with Crippen LogP contribution in [0.2, 0.25) is 0 Å². The van der Waals surface area contributed by atoms with E-state index >= 15 is 0 Å². The van der Waals surface area contributed by atoms with Crippen molar-refractivity contribution in [3.63, 3.8) is 0 Å². The quantitative estimate of drug-likeness (QED) is 0.735. The zero-order valence-electron chi connectivity index (χ0n) is 14.6. The van der Waals surface area contributed by atoms with E-state index in [1.54, 1.807) is 11.9 Å². The summed E-state index contributed by atoms with van der Waals surface area (Å²) in [5.41, 5.74) is 2.43. The van der Waals surface area contributed by atoms with Gasteiger partial charge in [0, 0.05) is 24.5 Å². The number of amides is 1. The summed E-state index contributed by atoms with van der Waals surface area (Å²) in [7, 11) is 1.77. The average Bonchev–Trinajstić information content (AvgIpc) is 3.19. The molecule has 0 radical (unpaired) electrons. The van der Waals surface area contributed by atoms with Crippen LogP contribution in [0.15, 0.2) is 33.2 Å². The molecule has 6 heteroatoms. The van der Waals surface area contributed by atoms with Crippen molar-refractivity contribution in [3.05, 3.63) is 58.5 Å². The summed E-state index contributed by atoms with van der Waals surface area (Å²) in [6.45, 7) is 8.02. The van der Waals surface area contributed by atoms with Crippen LogP contribution in [-0.2, 0) is 6.54 Å². The molecule has 3 aromatic rings. The molecule has 126 valence electrons. The Morgan fingerprint density at radius 2 is 1.92 bits per heavy atom. The summed E-state index contributed by atoms with van der Waals surface area (Å²) in [4.78, 5) is 14.5. The molecule has 3 rings (SSSR count). The van der Waals surface area contributed by atoms with Crippen molar-refractivity contribution in [2.45, 2.75) is 34.2 Å². The molecule has 0 aliphatic carbocycles. The van der Waals surface area contributed by atoms with E-state index in [-0.39, 0.29) is 5.91 Å². The lowest BCUT2D eigenvalue weighted by atomic mass is 10.2. The maximum atomic E-state index is 12.8. The molecule has 3 heterocycles. The van der Waals surface area contributed by atoms with Crippen LogP contribution < -0.4 is 0 Å². The molecule has 3 aromatic heterocycles. The van der Waals surface area contributed by atoms with Crippen LogP contribution >= 0.6 is 0 Å². The normalized spacial score (nSPS) is 11.0. The highest BCUT2D eigenvalue weighted by Gasteiger charge is 2.21. The molecule has 0 fully saturated rings. The van der Waals surface area contributed by atoms with Gasteiger partial charge in [-0.15, -0.1) is 0 Å². The second-order valence-electron chi connectivity index (χ2n) is 6.09. The monoisotopic (exact) mass is 327 g/mol. The van der Waals surface area contributed by atoms with Gasteiger partial charge in [-0.25, -0.2) is 0 Å². The van der Waals surface area contributed by atoms with Crippen molar-refractivity contribution in [2.75, 3.05) is 7.05 Å². The maximum Gasteiger partial charge on any atom is 0.255 e. The smallest absolute Gasteiger partial charge is 0.255 e. The van der Waals surface area contributed by atoms with E-state index in [4.69, 9.17) is 8.94 Å². The van der Waals surface area contributed by atoms with Crippen LogP contribution in [0, 0.1) is 27.7 Å². The van der Waals surface area contributed by atoms with Gasteiger partial charge in [-0.3, -0.25) is 9.36 Å². The molecule has 0 atom stereocenters. The number of carbonyl (C=O) groups is 1. The summed E-state index contributed by atoms with van der Waals surface area (Å²) in [6, 6.07) is 7.52. The Morgan fingerprint density at radius 1 is 1.17 bits per heavy atom. The molecule has 0 spiro atoms. The first-order chi connectivity index (χ1) is 11.4. The van der Waals surface area contributed by atoms with E-state index < -0.39 is 0 Å². The zero-order valence-corrected chi connectivity index (χ0v) is 14.6. The van der Waals surface area contributed by atoms with E-state index in [0.29, 0.717) is 17.9 Å². The highest BCUT2D eigenvalue weighted by molar-refractivity contribution is 5.95. The van der Waals surface area contributed by atoms with E-state index in [0.717, 1.165) is 28.7 Å². The van der Waals surface area contributed by atoms with E-state index in [2.05, 4.69) is 5.16 Å². The molecule has 0 N–H and O–H groups in total. The van der Waals surface area contributed by atoms with Crippen molar-refractivity contribution in [1.82, 2.24) is 14.6 Å². The minimum atomic E-state index is -0.0522. The minimum absolute atomic E-state index is 0.0522. The molecule has 0 bridgehead atoms. The van der Waals surface area contributed by atoms with Gasteiger partial charge in [-0.05, 0) is 45.9 Å². The van der Waals surface area contributed by atoms with Gasteiger partial charge in [0.25, 0.3) is 5.91 Å². The lowest BCUT2D eigenvalue weighted by Gasteiger charge is -2.16. The fraction of sp³-hybridized carbons (Fsp3) is 0.333. The van der Waals surface area contributed by atoms with Gasteiger partial charge in [0.15, 0.2) is 5.82 Å². The summed E-state index contributed by atoms with van der Waals surface area (Å²) in [6.07, 6.45) is 0. The third kappa shape index (κ3) is 2.87. The number of nitrogens with zero attached hydrogens (tertiary/aromatic N) is 3. The number of rotatable bonds is 4. The molecule has 0 saturated carbocycles. The third-order valence-electron chi connectivity index (χ3n) is 4.04. The Bertz CT molecular complexity index is 885. The van der Waals surface area contributed by atoms with E-state index in [1.165, 1.54) is 0 Å². The highest BCUT2D eigenvalue weighted by Crippen LogP contribution is 2.22. The summed E-state index contributed by atoms with van der Waals surface area (Å²) in [5, 5.41) is 4.04. The van der Waals surface area contributed by atoms with Gasteiger partial charge in [0.05, 0.1) is 12.1 Å². The SMILES string of the molecule is Cc1cc(-n2c(C)cc(C(=O)N(C)Cc3ccc(C)o3)c2C)no1. The molecular formula is C18H21N3O3. The van der Waals surface area contributed by atoms with Crippen molar-refractivity contribution < 1.29 is 13.7 Å². The van der Waals surface area contributed by atoms with Crippen LogP contribution in [0.25, 0.3) is 5.82 Å². The van der Waals surface area contributed by atoms with Gasteiger partial charge in [0.1, 0.15) is 17.3 Å².